The molecule has 0 aliphatic carbocycles. The lowest BCUT2D eigenvalue weighted by Crippen LogP contribution is -2.26. The zero-order valence-electron chi connectivity index (χ0n) is 12.1. The first kappa shape index (κ1) is 16.7. The number of aryl methyl sites for hydroxylation is 1. The van der Waals surface area contributed by atoms with E-state index in [0.29, 0.717) is 13.0 Å². The smallest absolute Gasteiger partial charge is 0.335 e. The molecule has 2 aromatic rings. The molecule has 2 rings (SSSR count). The van der Waals surface area contributed by atoms with E-state index in [-0.39, 0.29) is 11.5 Å². The summed E-state index contributed by atoms with van der Waals surface area (Å²) in [6.07, 6.45) is 1.20. The fourth-order valence-corrected chi connectivity index (χ4v) is 3.48. The van der Waals surface area contributed by atoms with E-state index in [0.717, 1.165) is 16.5 Å². The number of amides is 1. The summed E-state index contributed by atoms with van der Waals surface area (Å²) in [6, 6.07) is 8.62. The van der Waals surface area contributed by atoms with E-state index in [2.05, 4.69) is 15.9 Å². The van der Waals surface area contributed by atoms with Crippen LogP contribution in [0, 0.1) is 0 Å². The van der Waals surface area contributed by atoms with Gasteiger partial charge in [-0.2, -0.15) is 0 Å². The number of rotatable bonds is 6. The van der Waals surface area contributed by atoms with Gasteiger partial charge in [-0.1, -0.05) is 12.1 Å². The lowest BCUT2D eigenvalue weighted by atomic mass is 10.1. The number of thiophene rings is 1. The van der Waals surface area contributed by atoms with Gasteiger partial charge < -0.3 is 10.0 Å². The Labute approximate surface area is 141 Å². The molecule has 0 atom stereocenters. The van der Waals surface area contributed by atoms with Crippen molar-refractivity contribution in [3.05, 3.63) is 56.2 Å². The summed E-state index contributed by atoms with van der Waals surface area (Å²) in [5, 5.41) is 10.9. The first-order valence-electron chi connectivity index (χ1n) is 6.75. The fourth-order valence-electron chi connectivity index (χ4n) is 2.02. The highest BCUT2D eigenvalue weighted by Gasteiger charge is 2.11. The Balaban J connectivity index is 1.86. The molecule has 1 N–H and O–H groups in total. The summed E-state index contributed by atoms with van der Waals surface area (Å²) in [5.41, 5.74) is 1.17. The standard InChI is InChI=1S/C16H16BrNO3S/c1-18(9-11-2-4-12(5-3-11)16(20)21)15(19)7-6-14-8-13(17)10-22-14/h2-5,8,10H,6-7,9H2,1H3,(H,20,21). The molecule has 0 saturated heterocycles. The summed E-state index contributed by atoms with van der Waals surface area (Å²) in [5.74, 6) is -0.870. The number of hydrogen-bond acceptors (Lipinski definition) is 3. The molecule has 1 amide bonds. The normalized spacial score (nSPS) is 10.5. The van der Waals surface area contributed by atoms with Crippen LogP contribution in [0.4, 0.5) is 0 Å². The minimum atomic E-state index is -0.946. The number of benzene rings is 1. The van der Waals surface area contributed by atoms with Crippen LogP contribution in [0.1, 0.15) is 27.2 Å². The topological polar surface area (TPSA) is 57.6 Å². The first-order valence-corrected chi connectivity index (χ1v) is 8.42. The maximum absolute atomic E-state index is 12.1. The van der Waals surface area contributed by atoms with Gasteiger partial charge in [-0.05, 0) is 46.1 Å². The number of carboxylic acid groups (broad SMARTS) is 1. The summed E-state index contributed by atoms with van der Waals surface area (Å²) < 4.78 is 1.05. The summed E-state index contributed by atoms with van der Waals surface area (Å²) >= 11 is 5.04. The van der Waals surface area contributed by atoms with E-state index >= 15 is 0 Å². The Morgan fingerprint density at radius 2 is 1.95 bits per heavy atom. The Kier molecular flexibility index (Phi) is 5.74. The second-order valence-corrected chi connectivity index (χ2v) is 6.89. The summed E-state index contributed by atoms with van der Waals surface area (Å²) in [7, 11) is 1.76. The van der Waals surface area contributed by atoms with E-state index < -0.39 is 5.97 Å². The average Bonchev–Trinajstić information content (AvgIpc) is 2.91. The van der Waals surface area contributed by atoms with Crippen LogP contribution in [0.15, 0.2) is 40.2 Å². The maximum atomic E-state index is 12.1. The van der Waals surface area contributed by atoms with Gasteiger partial charge in [0, 0.05) is 34.7 Å². The van der Waals surface area contributed by atoms with Crippen molar-refractivity contribution >= 4 is 39.1 Å². The van der Waals surface area contributed by atoms with Gasteiger partial charge in [0.1, 0.15) is 0 Å². The van der Waals surface area contributed by atoms with Crippen LogP contribution in [0.2, 0.25) is 0 Å². The van der Waals surface area contributed by atoms with Gasteiger partial charge in [0.15, 0.2) is 0 Å². The third-order valence-electron chi connectivity index (χ3n) is 3.25. The van der Waals surface area contributed by atoms with Gasteiger partial charge in [0.2, 0.25) is 5.91 Å². The molecule has 0 radical (unpaired) electrons. The Hall–Kier alpha value is -1.66. The third-order valence-corrected chi connectivity index (χ3v) is 5.01. The molecule has 22 heavy (non-hydrogen) atoms. The highest BCUT2D eigenvalue weighted by Crippen LogP contribution is 2.21. The zero-order valence-corrected chi connectivity index (χ0v) is 14.5. The average molecular weight is 382 g/mol. The number of nitrogens with zero attached hydrogens (tertiary/aromatic N) is 1. The summed E-state index contributed by atoms with van der Waals surface area (Å²) in [4.78, 5) is 25.8. The van der Waals surface area contributed by atoms with E-state index in [1.165, 1.54) is 4.88 Å². The van der Waals surface area contributed by atoms with Gasteiger partial charge in [-0.25, -0.2) is 4.79 Å². The van der Waals surface area contributed by atoms with E-state index in [1.807, 2.05) is 11.4 Å². The van der Waals surface area contributed by atoms with E-state index in [4.69, 9.17) is 5.11 Å². The van der Waals surface area contributed by atoms with Crippen LogP contribution in [-0.4, -0.2) is 28.9 Å². The van der Waals surface area contributed by atoms with Crippen LogP contribution in [0.3, 0.4) is 0 Å². The van der Waals surface area contributed by atoms with Crippen molar-refractivity contribution in [2.75, 3.05) is 7.05 Å². The third kappa shape index (κ3) is 4.68. The van der Waals surface area contributed by atoms with Gasteiger partial charge in [-0.3, -0.25) is 4.79 Å². The molecule has 0 fully saturated rings. The predicted octanol–water partition coefficient (Wildman–Crippen LogP) is 3.80. The minimum absolute atomic E-state index is 0.0758. The molecule has 0 aliphatic heterocycles. The molecule has 1 heterocycles. The molecule has 0 spiro atoms. The maximum Gasteiger partial charge on any atom is 0.335 e. The quantitative estimate of drug-likeness (QED) is 0.827. The van der Waals surface area contributed by atoms with Crippen LogP contribution in [0.5, 0.6) is 0 Å². The minimum Gasteiger partial charge on any atom is -0.478 e. The second kappa shape index (κ2) is 7.56. The van der Waals surface area contributed by atoms with Crippen LogP contribution in [0.25, 0.3) is 0 Å². The molecule has 116 valence electrons. The van der Waals surface area contributed by atoms with Crippen molar-refractivity contribution in [2.45, 2.75) is 19.4 Å². The van der Waals surface area contributed by atoms with Crippen molar-refractivity contribution in [1.82, 2.24) is 4.90 Å². The Morgan fingerprint density at radius 1 is 1.27 bits per heavy atom. The van der Waals surface area contributed by atoms with Crippen molar-refractivity contribution in [2.24, 2.45) is 0 Å². The Bertz CT molecular complexity index is 666. The van der Waals surface area contributed by atoms with Gasteiger partial charge >= 0.3 is 5.97 Å². The second-order valence-electron chi connectivity index (χ2n) is 4.98. The fraction of sp³-hybridized carbons (Fsp3) is 0.250. The monoisotopic (exact) mass is 381 g/mol. The molecule has 1 aromatic carbocycles. The Morgan fingerprint density at radius 3 is 2.50 bits per heavy atom. The summed E-state index contributed by atoms with van der Waals surface area (Å²) in [6.45, 7) is 0.479. The molecule has 0 saturated carbocycles. The van der Waals surface area contributed by atoms with Crippen LogP contribution in [-0.2, 0) is 17.8 Å². The van der Waals surface area contributed by atoms with Gasteiger partial charge in [-0.15, -0.1) is 11.3 Å². The van der Waals surface area contributed by atoms with Gasteiger partial charge in [0.05, 0.1) is 5.56 Å². The molecular weight excluding hydrogens is 366 g/mol. The number of aromatic carboxylic acids is 1. The number of hydrogen-bond donors (Lipinski definition) is 1. The predicted molar refractivity (Wildman–Crippen MR) is 90.2 cm³/mol. The highest BCUT2D eigenvalue weighted by atomic mass is 79.9. The number of carbonyl (C=O) groups excluding carboxylic acids is 1. The molecule has 1 aromatic heterocycles. The zero-order chi connectivity index (χ0) is 16.1. The molecule has 0 aliphatic rings. The van der Waals surface area contributed by atoms with Gasteiger partial charge in [0.25, 0.3) is 0 Å². The first-order chi connectivity index (χ1) is 10.5. The lowest BCUT2D eigenvalue weighted by Gasteiger charge is -2.17. The van der Waals surface area contributed by atoms with E-state index in [9.17, 15) is 9.59 Å². The van der Waals surface area contributed by atoms with Crippen molar-refractivity contribution in [1.29, 1.82) is 0 Å². The molecule has 0 bridgehead atoms. The van der Waals surface area contributed by atoms with Crippen LogP contribution >= 0.6 is 27.3 Å². The molecule has 0 unspecified atom stereocenters. The van der Waals surface area contributed by atoms with Crippen molar-refractivity contribution in [3.63, 3.8) is 0 Å². The van der Waals surface area contributed by atoms with Crippen molar-refractivity contribution in [3.8, 4) is 0 Å². The SMILES string of the molecule is CN(Cc1ccc(C(=O)O)cc1)C(=O)CCc1cc(Br)cs1. The lowest BCUT2D eigenvalue weighted by molar-refractivity contribution is -0.130. The number of carboxylic acids is 1. The van der Waals surface area contributed by atoms with Crippen molar-refractivity contribution < 1.29 is 14.7 Å². The van der Waals surface area contributed by atoms with Crippen LogP contribution < -0.4 is 0 Å². The largest absolute Gasteiger partial charge is 0.478 e. The molecular formula is C16H16BrNO3S. The number of halogens is 1. The van der Waals surface area contributed by atoms with E-state index in [1.54, 1.807) is 47.5 Å². The highest BCUT2D eigenvalue weighted by molar-refractivity contribution is 9.10. The molecule has 4 nitrogen and oxygen atoms in total. The number of carbonyl (C=O) groups is 2. The molecule has 6 heteroatoms.